The highest BCUT2D eigenvalue weighted by molar-refractivity contribution is 5.71. The van der Waals surface area contributed by atoms with Crippen LogP contribution in [0.5, 0.6) is 11.5 Å². The molecule has 0 spiro atoms. The maximum absolute atomic E-state index is 15.5. The van der Waals surface area contributed by atoms with E-state index < -0.39 is 23.4 Å². The molecule has 1 aliphatic carbocycles. The van der Waals surface area contributed by atoms with Gasteiger partial charge < -0.3 is 14.6 Å². The summed E-state index contributed by atoms with van der Waals surface area (Å²) in [6.45, 7) is 4.25. The summed E-state index contributed by atoms with van der Waals surface area (Å²) in [6, 6.07) is 11.9. The van der Waals surface area contributed by atoms with Crippen LogP contribution in [0.2, 0.25) is 0 Å². The Morgan fingerprint density at radius 1 is 0.974 bits per heavy atom. The second-order valence-corrected chi connectivity index (χ2v) is 11.0. The molecule has 0 unspecified atom stereocenters. The van der Waals surface area contributed by atoms with Crippen LogP contribution in [-0.4, -0.2) is 18.2 Å². The maximum Gasteiger partial charge on any atom is 0.303 e. The van der Waals surface area contributed by atoms with Crippen molar-refractivity contribution in [2.45, 2.75) is 71.3 Å². The Morgan fingerprint density at radius 2 is 1.77 bits per heavy atom. The lowest BCUT2D eigenvalue weighted by molar-refractivity contribution is -0.137. The third-order valence-corrected chi connectivity index (χ3v) is 7.75. The number of hydrogen-bond donors (Lipinski definition) is 1. The van der Waals surface area contributed by atoms with Crippen molar-refractivity contribution in [2.75, 3.05) is 7.11 Å². The highest BCUT2D eigenvalue weighted by Gasteiger charge is 2.37. The van der Waals surface area contributed by atoms with Gasteiger partial charge in [-0.1, -0.05) is 20.3 Å². The van der Waals surface area contributed by atoms with Crippen molar-refractivity contribution in [1.29, 1.82) is 0 Å². The molecule has 208 valence electrons. The summed E-state index contributed by atoms with van der Waals surface area (Å²) in [7, 11) is 1.51. The Morgan fingerprint density at radius 3 is 2.46 bits per heavy atom. The lowest BCUT2D eigenvalue weighted by Gasteiger charge is -2.30. The van der Waals surface area contributed by atoms with E-state index in [4.69, 9.17) is 14.6 Å². The fraction of sp³-hybridized carbons (Fsp3) is 0.406. The van der Waals surface area contributed by atoms with Gasteiger partial charge in [0.15, 0.2) is 0 Å². The number of aryl methyl sites for hydroxylation is 1. The molecule has 1 N–H and O–H groups in total. The zero-order valence-corrected chi connectivity index (χ0v) is 22.7. The molecule has 0 amide bonds. The Kier molecular flexibility index (Phi) is 8.88. The van der Waals surface area contributed by atoms with E-state index in [2.05, 4.69) is 13.8 Å². The molecule has 0 aromatic heterocycles. The number of carboxylic acid groups (broad SMARTS) is 1. The summed E-state index contributed by atoms with van der Waals surface area (Å²) in [5, 5.41) is 8.80. The summed E-state index contributed by atoms with van der Waals surface area (Å²) in [4.78, 5) is 10.7. The smallest absolute Gasteiger partial charge is 0.303 e. The van der Waals surface area contributed by atoms with Gasteiger partial charge in [-0.2, -0.15) is 0 Å². The first-order chi connectivity index (χ1) is 18.6. The number of aliphatic carboxylic acids is 1. The van der Waals surface area contributed by atoms with E-state index in [-0.39, 0.29) is 35.7 Å². The van der Waals surface area contributed by atoms with Crippen LogP contribution in [0.15, 0.2) is 48.5 Å². The highest BCUT2D eigenvalue weighted by atomic mass is 19.1. The number of methoxy groups -OCH3 is 1. The van der Waals surface area contributed by atoms with E-state index in [1.165, 1.54) is 37.4 Å². The Hall–Kier alpha value is -3.48. The van der Waals surface area contributed by atoms with Crippen molar-refractivity contribution >= 4 is 5.97 Å². The molecule has 1 saturated carbocycles. The molecule has 4 rings (SSSR count). The number of unbranched alkanes of at least 4 members (excludes halogenated alkanes) is 1. The van der Waals surface area contributed by atoms with Crippen LogP contribution in [0.4, 0.5) is 13.2 Å². The fourth-order valence-electron chi connectivity index (χ4n) is 5.63. The van der Waals surface area contributed by atoms with Gasteiger partial charge in [-0.05, 0) is 103 Å². The van der Waals surface area contributed by atoms with Gasteiger partial charge in [0.2, 0.25) is 0 Å². The second kappa shape index (κ2) is 12.1. The number of halogens is 3. The van der Waals surface area contributed by atoms with E-state index in [1.54, 1.807) is 18.2 Å². The predicted octanol–water partition coefficient (Wildman–Crippen LogP) is 8.45. The third-order valence-electron chi connectivity index (χ3n) is 7.75. The molecular weight excluding hydrogens is 505 g/mol. The second-order valence-electron chi connectivity index (χ2n) is 11.0. The van der Waals surface area contributed by atoms with Crippen LogP contribution in [0.25, 0.3) is 11.1 Å². The number of carbonyl (C=O) groups is 1. The van der Waals surface area contributed by atoms with Gasteiger partial charge in [0.1, 0.15) is 35.6 Å². The average Bonchev–Trinajstić information content (AvgIpc) is 3.24. The van der Waals surface area contributed by atoms with Crippen molar-refractivity contribution in [1.82, 2.24) is 0 Å². The molecule has 0 radical (unpaired) electrons. The molecule has 1 aliphatic rings. The van der Waals surface area contributed by atoms with Gasteiger partial charge in [-0.25, -0.2) is 13.2 Å². The van der Waals surface area contributed by atoms with Gasteiger partial charge in [-0.3, -0.25) is 4.79 Å². The SMILES string of the molecule is COc1ccc(F)c(-c2cc(F)c(COc3cc(F)cc(CCCCC(=O)O)c3)cc2[C@@H]2CCCC2(C)C)c1. The van der Waals surface area contributed by atoms with E-state index in [0.717, 1.165) is 24.8 Å². The van der Waals surface area contributed by atoms with Gasteiger partial charge in [0.05, 0.1) is 7.11 Å². The van der Waals surface area contributed by atoms with Crippen molar-refractivity contribution in [3.05, 3.63) is 82.7 Å². The minimum absolute atomic E-state index is 0.0435. The summed E-state index contributed by atoms with van der Waals surface area (Å²) < 4.78 is 55.9. The Bertz CT molecular complexity index is 1340. The lowest BCUT2D eigenvalue weighted by Crippen LogP contribution is -2.17. The monoisotopic (exact) mass is 540 g/mol. The van der Waals surface area contributed by atoms with Crippen LogP contribution in [0, 0.1) is 22.9 Å². The zero-order chi connectivity index (χ0) is 28.2. The van der Waals surface area contributed by atoms with E-state index in [1.807, 2.05) is 0 Å². The highest BCUT2D eigenvalue weighted by Crippen LogP contribution is 2.51. The van der Waals surface area contributed by atoms with Crippen LogP contribution in [-0.2, 0) is 17.8 Å². The number of carboxylic acids is 1. The lowest BCUT2D eigenvalue weighted by atomic mass is 9.75. The number of rotatable bonds is 11. The van der Waals surface area contributed by atoms with Gasteiger partial charge in [-0.15, -0.1) is 0 Å². The molecule has 1 fully saturated rings. The Balaban J connectivity index is 1.63. The average molecular weight is 541 g/mol. The van der Waals surface area contributed by atoms with Gasteiger partial charge in [0.25, 0.3) is 0 Å². The molecule has 4 nitrogen and oxygen atoms in total. The molecule has 3 aromatic rings. The fourth-order valence-corrected chi connectivity index (χ4v) is 5.63. The number of ether oxygens (including phenoxy) is 2. The molecule has 0 bridgehead atoms. The largest absolute Gasteiger partial charge is 0.497 e. The first-order valence-corrected chi connectivity index (χ1v) is 13.4. The van der Waals surface area contributed by atoms with Gasteiger partial charge in [0, 0.05) is 23.6 Å². The summed E-state index contributed by atoms with van der Waals surface area (Å²) in [5.74, 6) is -1.46. The Labute approximate surface area is 227 Å². The van der Waals surface area contributed by atoms with Crippen molar-refractivity contribution < 1.29 is 32.5 Å². The first kappa shape index (κ1) is 28.5. The van der Waals surface area contributed by atoms with E-state index in [9.17, 15) is 9.18 Å². The summed E-state index contributed by atoms with van der Waals surface area (Å²) >= 11 is 0. The van der Waals surface area contributed by atoms with E-state index >= 15 is 8.78 Å². The molecule has 0 heterocycles. The quantitative estimate of drug-likeness (QED) is 0.248. The normalized spacial score (nSPS) is 16.3. The standard InChI is InChI=1S/C32H35F3O4/c1-32(2)12-6-8-28(32)26-15-21(30(35)18-25(26)27-17-23(38-3)10-11-29(27)34)19-39-24-14-20(13-22(33)16-24)7-4-5-9-31(36)37/h10-11,13-18,28H,4-9,12,19H2,1-3H3,(H,36,37)/t28-/m0/s1. The minimum Gasteiger partial charge on any atom is -0.497 e. The maximum atomic E-state index is 15.5. The molecule has 0 aliphatic heterocycles. The van der Waals surface area contributed by atoms with Crippen LogP contribution >= 0.6 is 0 Å². The first-order valence-electron chi connectivity index (χ1n) is 13.4. The topological polar surface area (TPSA) is 55.8 Å². The van der Waals surface area contributed by atoms with Gasteiger partial charge >= 0.3 is 5.97 Å². The van der Waals surface area contributed by atoms with Crippen molar-refractivity contribution in [3.63, 3.8) is 0 Å². The van der Waals surface area contributed by atoms with Crippen LogP contribution in [0.1, 0.15) is 75.0 Å². The minimum atomic E-state index is -0.860. The molecule has 0 saturated heterocycles. The zero-order valence-electron chi connectivity index (χ0n) is 22.7. The van der Waals surface area contributed by atoms with Crippen LogP contribution in [0.3, 0.4) is 0 Å². The van der Waals surface area contributed by atoms with Crippen molar-refractivity contribution in [2.24, 2.45) is 5.41 Å². The molecule has 7 heteroatoms. The number of hydrogen-bond acceptors (Lipinski definition) is 3. The van der Waals surface area contributed by atoms with Crippen LogP contribution < -0.4 is 9.47 Å². The molecule has 3 aromatic carbocycles. The summed E-state index contributed by atoms with van der Waals surface area (Å²) in [5.41, 5.74) is 2.61. The number of benzene rings is 3. The van der Waals surface area contributed by atoms with Crippen molar-refractivity contribution in [3.8, 4) is 22.6 Å². The summed E-state index contributed by atoms with van der Waals surface area (Å²) in [6.07, 6.45) is 4.62. The molecule has 1 atom stereocenters. The van der Waals surface area contributed by atoms with E-state index in [0.29, 0.717) is 41.7 Å². The molecular formula is C32H35F3O4. The predicted molar refractivity (Wildman–Crippen MR) is 145 cm³/mol. The molecule has 39 heavy (non-hydrogen) atoms. The third kappa shape index (κ3) is 6.94.